The van der Waals surface area contributed by atoms with E-state index in [4.69, 9.17) is 9.47 Å². The lowest BCUT2D eigenvalue weighted by molar-refractivity contribution is 0.0771. The number of ether oxygens (including phenoxy) is 2. The van der Waals surface area contributed by atoms with Gasteiger partial charge in [-0.3, -0.25) is 4.79 Å². The SMILES string of the molecule is CCOc1ccc(C(=O)N(CC)CC)cc1COCC(C)C. The summed E-state index contributed by atoms with van der Waals surface area (Å²) in [5, 5.41) is 0. The highest BCUT2D eigenvalue weighted by atomic mass is 16.5. The molecule has 0 aromatic heterocycles. The molecule has 0 heterocycles. The first kappa shape index (κ1) is 18.5. The average Bonchev–Trinajstić information content (AvgIpc) is 2.49. The first-order valence-electron chi connectivity index (χ1n) is 8.16. The largest absolute Gasteiger partial charge is 0.494 e. The maximum Gasteiger partial charge on any atom is 0.253 e. The minimum absolute atomic E-state index is 0.0539. The zero-order valence-electron chi connectivity index (χ0n) is 14.5. The number of carbonyl (C=O) groups is 1. The van der Waals surface area contributed by atoms with Crippen LogP contribution in [0.5, 0.6) is 5.75 Å². The summed E-state index contributed by atoms with van der Waals surface area (Å²) in [5.41, 5.74) is 1.62. The third-order valence-corrected chi connectivity index (χ3v) is 3.37. The lowest BCUT2D eigenvalue weighted by atomic mass is 10.1. The Morgan fingerprint density at radius 3 is 2.41 bits per heavy atom. The molecule has 1 amide bonds. The second kappa shape index (κ2) is 9.46. The van der Waals surface area contributed by atoms with Crippen LogP contribution in [0.1, 0.15) is 50.5 Å². The number of hydrogen-bond acceptors (Lipinski definition) is 3. The molecule has 1 aromatic carbocycles. The molecule has 1 aromatic rings. The van der Waals surface area contributed by atoms with E-state index in [9.17, 15) is 4.79 Å². The zero-order valence-corrected chi connectivity index (χ0v) is 14.5. The fourth-order valence-corrected chi connectivity index (χ4v) is 2.22. The molecule has 0 atom stereocenters. The summed E-state index contributed by atoms with van der Waals surface area (Å²) in [6.45, 7) is 13.3. The molecule has 0 aliphatic rings. The van der Waals surface area contributed by atoms with Gasteiger partial charge in [0.1, 0.15) is 5.75 Å². The monoisotopic (exact) mass is 307 g/mol. The summed E-state index contributed by atoms with van der Waals surface area (Å²) < 4.78 is 11.3. The molecule has 4 heteroatoms. The van der Waals surface area contributed by atoms with Crippen molar-refractivity contribution in [1.82, 2.24) is 4.90 Å². The van der Waals surface area contributed by atoms with Crippen molar-refractivity contribution in [1.29, 1.82) is 0 Å². The van der Waals surface area contributed by atoms with Crippen molar-refractivity contribution >= 4 is 5.91 Å². The average molecular weight is 307 g/mol. The van der Waals surface area contributed by atoms with Gasteiger partial charge in [0.15, 0.2) is 0 Å². The Bertz CT molecular complexity index is 467. The van der Waals surface area contributed by atoms with Crippen molar-refractivity contribution in [2.24, 2.45) is 5.92 Å². The van der Waals surface area contributed by atoms with E-state index in [0.29, 0.717) is 44.4 Å². The highest BCUT2D eigenvalue weighted by molar-refractivity contribution is 5.94. The minimum Gasteiger partial charge on any atom is -0.494 e. The molecule has 0 saturated carbocycles. The second-order valence-corrected chi connectivity index (χ2v) is 5.64. The molecule has 0 N–H and O–H groups in total. The Labute approximate surface area is 134 Å². The highest BCUT2D eigenvalue weighted by Gasteiger charge is 2.15. The van der Waals surface area contributed by atoms with Crippen LogP contribution in [0.25, 0.3) is 0 Å². The fraction of sp³-hybridized carbons (Fsp3) is 0.611. The van der Waals surface area contributed by atoms with Crippen molar-refractivity contribution in [2.75, 3.05) is 26.3 Å². The van der Waals surface area contributed by atoms with Gasteiger partial charge in [-0.15, -0.1) is 0 Å². The van der Waals surface area contributed by atoms with Crippen LogP contribution in [0.3, 0.4) is 0 Å². The molecule has 22 heavy (non-hydrogen) atoms. The van der Waals surface area contributed by atoms with Crippen LogP contribution in [0.15, 0.2) is 18.2 Å². The van der Waals surface area contributed by atoms with Crippen LogP contribution in [-0.4, -0.2) is 37.1 Å². The number of rotatable bonds is 9. The third-order valence-electron chi connectivity index (χ3n) is 3.37. The zero-order chi connectivity index (χ0) is 16.5. The number of nitrogens with zero attached hydrogens (tertiary/aromatic N) is 1. The van der Waals surface area contributed by atoms with Crippen molar-refractivity contribution in [2.45, 2.75) is 41.2 Å². The predicted octanol–water partition coefficient (Wildman–Crippen LogP) is 3.74. The molecular weight excluding hydrogens is 278 g/mol. The van der Waals surface area contributed by atoms with E-state index in [0.717, 1.165) is 11.3 Å². The Balaban J connectivity index is 2.94. The summed E-state index contributed by atoms with van der Waals surface area (Å²) in [4.78, 5) is 14.3. The molecule has 124 valence electrons. The molecule has 0 bridgehead atoms. The molecule has 0 saturated heterocycles. The van der Waals surface area contributed by atoms with Crippen LogP contribution >= 0.6 is 0 Å². The van der Waals surface area contributed by atoms with Crippen LogP contribution in [-0.2, 0) is 11.3 Å². The van der Waals surface area contributed by atoms with E-state index in [1.165, 1.54) is 0 Å². The quantitative estimate of drug-likeness (QED) is 0.697. The van der Waals surface area contributed by atoms with Crippen LogP contribution < -0.4 is 4.74 Å². The molecule has 0 spiro atoms. The Morgan fingerprint density at radius 2 is 1.86 bits per heavy atom. The molecule has 0 unspecified atom stereocenters. The van der Waals surface area contributed by atoms with Crippen molar-refractivity contribution in [3.8, 4) is 5.75 Å². The van der Waals surface area contributed by atoms with Gasteiger partial charge >= 0.3 is 0 Å². The van der Waals surface area contributed by atoms with Gasteiger partial charge in [0.05, 0.1) is 13.2 Å². The predicted molar refractivity (Wildman–Crippen MR) is 89.4 cm³/mol. The van der Waals surface area contributed by atoms with Gasteiger partial charge in [-0.05, 0) is 44.9 Å². The van der Waals surface area contributed by atoms with Gasteiger partial charge in [-0.2, -0.15) is 0 Å². The normalized spacial score (nSPS) is 10.8. The topological polar surface area (TPSA) is 38.8 Å². The van der Waals surface area contributed by atoms with Crippen molar-refractivity contribution < 1.29 is 14.3 Å². The van der Waals surface area contributed by atoms with Gasteiger partial charge in [-0.1, -0.05) is 13.8 Å². The van der Waals surface area contributed by atoms with E-state index in [1.54, 1.807) is 0 Å². The lowest BCUT2D eigenvalue weighted by Gasteiger charge is -2.20. The summed E-state index contributed by atoms with van der Waals surface area (Å²) >= 11 is 0. The minimum atomic E-state index is 0.0539. The number of hydrogen-bond donors (Lipinski definition) is 0. The molecule has 0 aliphatic carbocycles. The van der Waals surface area contributed by atoms with Crippen LogP contribution in [0, 0.1) is 5.92 Å². The summed E-state index contributed by atoms with van der Waals surface area (Å²) in [7, 11) is 0. The van der Waals surface area contributed by atoms with E-state index in [1.807, 2.05) is 43.9 Å². The van der Waals surface area contributed by atoms with Gasteiger partial charge in [0.2, 0.25) is 0 Å². The smallest absolute Gasteiger partial charge is 0.253 e. The van der Waals surface area contributed by atoms with E-state index in [-0.39, 0.29) is 5.91 Å². The first-order valence-corrected chi connectivity index (χ1v) is 8.16. The lowest BCUT2D eigenvalue weighted by Crippen LogP contribution is -2.30. The molecular formula is C18H29NO3. The number of benzene rings is 1. The van der Waals surface area contributed by atoms with Gasteiger partial charge in [0, 0.05) is 30.8 Å². The number of carbonyl (C=O) groups excluding carboxylic acids is 1. The van der Waals surface area contributed by atoms with E-state index < -0.39 is 0 Å². The Hall–Kier alpha value is -1.55. The highest BCUT2D eigenvalue weighted by Crippen LogP contribution is 2.22. The summed E-state index contributed by atoms with van der Waals surface area (Å²) in [6, 6.07) is 5.60. The maximum atomic E-state index is 12.5. The third kappa shape index (κ3) is 5.34. The van der Waals surface area contributed by atoms with E-state index >= 15 is 0 Å². The standard InChI is InChI=1S/C18H29NO3/c1-6-19(7-2)18(20)15-9-10-17(22-8-3)16(11-15)13-21-12-14(4)5/h9-11,14H,6-8,12-13H2,1-5H3. The molecule has 0 aliphatic heterocycles. The van der Waals surface area contributed by atoms with Gasteiger partial charge in [-0.25, -0.2) is 0 Å². The Morgan fingerprint density at radius 1 is 1.18 bits per heavy atom. The summed E-state index contributed by atoms with van der Waals surface area (Å²) in [5.74, 6) is 1.33. The Kier molecular flexibility index (Phi) is 7.96. The van der Waals surface area contributed by atoms with E-state index in [2.05, 4.69) is 13.8 Å². The molecule has 0 fully saturated rings. The van der Waals surface area contributed by atoms with Crippen molar-refractivity contribution in [3.05, 3.63) is 29.3 Å². The first-order chi connectivity index (χ1) is 10.5. The van der Waals surface area contributed by atoms with Gasteiger partial charge < -0.3 is 14.4 Å². The fourth-order valence-electron chi connectivity index (χ4n) is 2.22. The second-order valence-electron chi connectivity index (χ2n) is 5.64. The van der Waals surface area contributed by atoms with Crippen molar-refractivity contribution in [3.63, 3.8) is 0 Å². The van der Waals surface area contributed by atoms with Gasteiger partial charge in [0.25, 0.3) is 5.91 Å². The molecule has 1 rings (SSSR count). The number of amides is 1. The van der Waals surface area contributed by atoms with Crippen LogP contribution in [0.4, 0.5) is 0 Å². The summed E-state index contributed by atoms with van der Waals surface area (Å²) in [6.07, 6.45) is 0. The van der Waals surface area contributed by atoms with Crippen LogP contribution in [0.2, 0.25) is 0 Å². The molecule has 4 nitrogen and oxygen atoms in total. The maximum absolute atomic E-state index is 12.5. The molecule has 0 radical (unpaired) electrons.